The Morgan fingerprint density at radius 2 is 1.84 bits per heavy atom. The number of nitro groups is 1. The lowest BCUT2D eigenvalue weighted by atomic mass is 10.1. The van der Waals surface area contributed by atoms with Gasteiger partial charge in [-0.2, -0.15) is 0 Å². The van der Waals surface area contributed by atoms with E-state index < -0.39 is 4.92 Å². The van der Waals surface area contributed by atoms with Gasteiger partial charge in [0.05, 0.1) is 16.6 Å². The largest absolute Gasteiger partial charge is 0.454 e. The summed E-state index contributed by atoms with van der Waals surface area (Å²) in [4.78, 5) is 22.9. The van der Waals surface area contributed by atoms with Gasteiger partial charge >= 0.3 is 0 Å². The van der Waals surface area contributed by atoms with Crippen LogP contribution in [0.4, 0.5) is 11.4 Å². The lowest BCUT2D eigenvalue weighted by Crippen LogP contribution is -2.10. The van der Waals surface area contributed by atoms with E-state index in [1.165, 1.54) is 24.3 Å². The SMILES string of the molecule is Cc1cccc(C)c1NC(=O)/C=C/c1cc2c(cc1[N+](=O)[O-])OCO2. The maximum atomic E-state index is 12.2. The van der Waals surface area contributed by atoms with Gasteiger partial charge in [-0.1, -0.05) is 18.2 Å². The maximum absolute atomic E-state index is 12.2. The van der Waals surface area contributed by atoms with Crippen LogP contribution in [0.3, 0.4) is 0 Å². The molecule has 0 fully saturated rings. The van der Waals surface area contributed by atoms with Crippen LogP contribution in [0.25, 0.3) is 6.08 Å². The van der Waals surface area contributed by atoms with Gasteiger partial charge in [0.2, 0.25) is 12.7 Å². The third kappa shape index (κ3) is 3.45. The number of hydrogen-bond acceptors (Lipinski definition) is 5. The van der Waals surface area contributed by atoms with Gasteiger partial charge in [-0.25, -0.2) is 0 Å². The molecule has 1 heterocycles. The van der Waals surface area contributed by atoms with Gasteiger partial charge in [0.25, 0.3) is 5.69 Å². The van der Waals surface area contributed by atoms with E-state index in [0.29, 0.717) is 11.5 Å². The second-order valence-corrected chi connectivity index (χ2v) is 5.61. The molecule has 0 atom stereocenters. The van der Waals surface area contributed by atoms with Crippen molar-refractivity contribution in [2.45, 2.75) is 13.8 Å². The molecule has 0 spiro atoms. The van der Waals surface area contributed by atoms with Crippen LogP contribution in [0.5, 0.6) is 11.5 Å². The van der Waals surface area contributed by atoms with Gasteiger partial charge in [-0.05, 0) is 37.1 Å². The van der Waals surface area contributed by atoms with Gasteiger partial charge in [0, 0.05) is 11.8 Å². The number of nitrogens with one attached hydrogen (secondary N) is 1. The summed E-state index contributed by atoms with van der Waals surface area (Å²) in [5.41, 5.74) is 2.73. The molecule has 0 unspecified atom stereocenters. The molecule has 1 aliphatic heterocycles. The second-order valence-electron chi connectivity index (χ2n) is 5.61. The topological polar surface area (TPSA) is 90.7 Å². The van der Waals surface area contributed by atoms with Crippen LogP contribution in [-0.4, -0.2) is 17.6 Å². The van der Waals surface area contributed by atoms with Gasteiger partial charge in [0.15, 0.2) is 11.5 Å². The summed E-state index contributed by atoms with van der Waals surface area (Å²) >= 11 is 0. The number of benzene rings is 2. The summed E-state index contributed by atoms with van der Waals surface area (Å²) in [5.74, 6) is 0.369. The number of aryl methyl sites for hydroxylation is 2. The average Bonchev–Trinajstić information content (AvgIpc) is 3.02. The summed E-state index contributed by atoms with van der Waals surface area (Å²) in [6, 6.07) is 8.49. The highest BCUT2D eigenvalue weighted by Gasteiger charge is 2.22. The van der Waals surface area contributed by atoms with Gasteiger partial charge in [-0.3, -0.25) is 14.9 Å². The zero-order valence-electron chi connectivity index (χ0n) is 13.7. The van der Waals surface area contributed by atoms with Crippen LogP contribution >= 0.6 is 0 Å². The monoisotopic (exact) mass is 340 g/mol. The molecule has 3 rings (SSSR count). The fourth-order valence-corrected chi connectivity index (χ4v) is 2.58. The van der Waals surface area contributed by atoms with Crippen molar-refractivity contribution in [3.63, 3.8) is 0 Å². The molecule has 25 heavy (non-hydrogen) atoms. The minimum Gasteiger partial charge on any atom is -0.454 e. The summed E-state index contributed by atoms with van der Waals surface area (Å²) in [7, 11) is 0. The number of para-hydroxylation sites is 1. The smallest absolute Gasteiger partial charge is 0.280 e. The normalized spacial score (nSPS) is 12.4. The van der Waals surface area contributed by atoms with Gasteiger partial charge in [-0.15, -0.1) is 0 Å². The first-order valence-electron chi connectivity index (χ1n) is 7.59. The van der Waals surface area contributed by atoms with E-state index in [4.69, 9.17) is 9.47 Å². The van der Waals surface area contributed by atoms with Crippen LogP contribution < -0.4 is 14.8 Å². The van der Waals surface area contributed by atoms with Crippen molar-refractivity contribution in [3.8, 4) is 11.5 Å². The first-order chi connectivity index (χ1) is 12.0. The molecule has 0 radical (unpaired) electrons. The van der Waals surface area contributed by atoms with Crippen molar-refractivity contribution in [3.05, 3.63) is 63.2 Å². The lowest BCUT2D eigenvalue weighted by Gasteiger charge is -2.09. The van der Waals surface area contributed by atoms with Crippen LogP contribution in [0, 0.1) is 24.0 Å². The van der Waals surface area contributed by atoms with Crippen molar-refractivity contribution in [1.82, 2.24) is 0 Å². The Hall–Kier alpha value is -3.35. The van der Waals surface area contributed by atoms with E-state index in [-0.39, 0.29) is 24.0 Å². The highest BCUT2D eigenvalue weighted by Crippen LogP contribution is 2.38. The maximum Gasteiger partial charge on any atom is 0.280 e. The summed E-state index contributed by atoms with van der Waals surface area (Å²) < 4.78 is 10.4. The zero-order chi connectivity index (χ0) is 18.0. The number of carbonyl (C=O) groups excluding carboxylic acids is 1. The first-order valence-corrected chi connectivity index (χ1v) is 7.59. The fourth-order valence-electron chi connectivity index (χ4n) is 2.58. The number of ether oxygens (including phenoxy) is 2. The van der Waals surface area contributed by atoms with E-state index in [0.717, 1.165) is 16.8 Å². The van der Waals surface area contributed by atoms with Crippen molar-refractivity contribution in [2.24, 2.45) is 0 Å². The highest BCUT2D eigenvalue weighted by molar-refractivity contribution is 6.03. The molecular weight excluding hydrogens is 324 g/mol. The minimum absolute atomic E-state index is 0.0205. The molecule has 7 nitrogen and oxygen atoms in total. The quantitative estimate of drug-likeness (QED) is 0.522. The van der Waals surface area contributed by atoms with Gasteiger partial charge < -0.3 is 14.8 Å². The molecule has 1 amide bonds. The summed E-state index contributed by atoms with van der Waals surface area (Å²) in [5, 5.41) is 14.0. The van der Waals surface area contributed by atoms with Gasteiger partial charge in [0.1, 0.15) is 0 Å². The number of carbonyl (C=O) groups is 1. The Kier molecular flexibility index (Phi) is 4.38. The Morgan fingerprint density at radius 1 is 1.20 bits per heavy atom. The molecule has 0 saturated heterocycles. The number of anilines is 1. The lowest BCUT2D eigenvalue weighted by molar-refractivity contribution is -0.385. The Labute approximate surface area is 144 Å². The standard InChI is InChI=1S/C18H16N2O5/c1-11-4-3-5-12(2)18(11)19-17(21)7-6-13-8-15-16(25-10-24-15)9-14(13)20(22)23/h3-9H,10H2,1-2H3,(H,19,21)/b7-6+. The van der Waals surface area contributed by atoms with Crippen LogP contribution in [0.2, 0.25) is 0 Å². The summed E-state index contributed by atoms with van der Waals surface area (Å²) in [6.45, 7) is 3.82. The molecular formula is C18H16N2O5. The zero-order valence-corrected chi connectivity index (χ0v) is 13.7. The molecule has 1 N–H and O–H groups in total. The molecule has 0 aromatic heterocycles. The molecule has 128 valence electrons. The van der Waals surface area contributed by atoms with Crippen LogP contribution in [0.15, 0.2) is 36.4 Å². The third-order valence-electron chi connectivity index (χ3n) is 3.86. The highest BCUT2D eigenvalue weighted by atomic mass is 16.7. The van der Waals surface area contributed by atoms with Crippen LogP contribution in [0.1, 0.15) is 16.7 Å². The van der Waals surface area contributed by atoms with Crippen molar-refractivity contribution in [1.29, 1.82) is 0 Å². The fraction of sp³-hybridized carbons (Fsp3) is 0.167. The second kappa shape index (κ2) is 6.64. The molecule has 7 heteroatoms. The first kappa shape index (κ1) is 16.5. The van der Waals surface area contributed by atoms with Crippen molar-refractivity contribution in [2.75, 3.05) is 12.1 Å². The van der Waals surface area contributed by atoms with E-state index in [9.17, 15) is 14.9 Å². The number of nitro benzene ring substituents is 1. The molecule has 0 saturated carbocycles. The predicted octanol–water partition coefficient (Wildman–Crippen LogP) is 3.59. The number of fused-ring (bicyclic) bond motifs is 1. The van der Waals surface area contributed by atoms with E-state index in [1.807, 2.05) is 32.0 Å². The van der Waals surface area contributed by atoms with E-state index >= 15 is 0 Å². The van der Waals surface area contributed by atoms with Crippen molar-refractivity contribution < 1.29 is 19.2 Å². The molecule has 2 aromatic rings. The minimum atomic E-state index is -0.523. The van der Waals surface area contributed by atoms with E-state index in [2.05, 4.69) is 5.32 Å². The number of nitrogens with zero attached hydrogens (tertiary/aromatic N) is 1. The average molecular weight is 340 g/mol. The number of amides is 1. The number of rotatable bonds is 4. The van der Waals surface area contributed by atoms with Crippen molar-refractivity contribution >= 4 is 23.4 Å². The summed E-state index contributed by atoms with van der Waals surface area (Å²) in [6.07, 6.45) is 2.65. The van der Waals surface area contributed by atoms with E-state index in [1.54, 1.807) is 0 Å². The Bertz CT molecular complexity index is 869. The third-order valence-corrected chi connectivity index (χ3v) is 3.86. The number of hydrogen-bond donors (Lipinski definition) is 1. The Balaban J connectivity index is 1.84. The van der Waals surface area contributed by atoms with Crippen LogP contribution in [-0.2, 0) is 4.79 Å². The molecule has 2 aromatic carbocycles. The molecule has 0 aliphatic carbocycles. The predicted molar refractivity (Wildman–Crippen MR) is 92.8 cm³/mol. The Morgan fingerprint density at radius 3 is 2.48 bits per heavy atom. The molecule has 1 aliphatic rings. The molecule has 0 bridgehead atoms.